The first-order valence-corrected chi connectivity index (χ1v) is 3.08. The van der Waals surface area contributed by atoms with Gasteiger partial charge in [-0.1, -0.05) is 0 Å². The second kappa shape index (κ2) is 2.57. The van der Waals surface area contributed by atoms with Crippen molar-refractivity contribution in [3.05, 3.63) is 24.0 Å². The van der Waals surface area contributed by atoms with Crippen molar-refractivity contribution in [3.63, 3.8) is 0 Å². The Labute approximate surface area is 63.9 Å². The Bertz CT molecular complexity index is 276. The lowest BCUT2D eigenvalue weighted by molar-refractivity contribution is -0.672. The van der Waals surface area contributed by atoms with Gasteiger partial charge in [0.15, 0.2) is 11.9 Å². The summed E-state index contributed by atoms with van der Waals surface area (Å²) in [5.41, 5.74) is 5.29. The van der Waals surface area contributed by atoms with E-state index < -0.39 is 5.91 Å². The lowest BCUT2D eigenvalue weighted by Crippen LogP contribution is -2.29. The van der Waals surface area contributed by atoms with Crippen LogP contribution in [-0.2, 0) is 7.05 Å². The molecule has 4 nitrogen and oxygen atoms in total. The molecule has 0 aromatic carbocycles. The molecule has 3 N–H and O–H groups in total. The van der Waals surface area contributed by atoms with E-state index in [1.807, 2.05) is 0 Å². The minimum absolute atomic E-state index is 0.0313. The van der Waals surface area contributed by atoms with E-state index in [2.05, 4.69) is 0 Å². The molecule has 0 bridgehead atoms. The molecule has 0 aliphatic carbocycles. The molecule has 11 heavy (non-hydrogen) atoms. The third-order valence-corrected chi connectivity index (χ3v) is 1.27. The lowest BCUT2D eigenvalue weighted by atomic mass is 10.2. The molecule has 0 fully saturated rings. The first-order chi connectivity index (χ1) is 5.09. The van der Waals surface area contributed by atoms with Crippen molar-refractivity contribution in [2.75, 3.05) is 0 Å². The first-order valence-electron chi connectivity index (χ1n) is 3.08. The number of aromatic hydroxyl groups is 1. The molecule has 1 aromatic heterocycles. The Hall–Kier alpha value is -1.58. The molecule has 1 aromatic rings. The van der Waals surface area contributed by atoms with Crippen LogP contribution in [0.4, 0.5) is 0 Å². The van der Waals surface area contributed by atoms with Crippen molar-refractivity contribution >= 4 is 5.91 Å². The number of amides is 1. The fourth-order valence-corrected chi connectivity index (χ4v) is 0.834. The standard InChI is InChI=1S/C7H8N2O2/c1-9-3-5(7(8)11)2-6(10)4-9/h2-4H,1H3,(H2-,8,10,11)/p+1. The fourth-order valence-electron chi connectivity index (χ4n) is 0.834. The molecule has 0 atom stereocenters. The van der Waals surface area contributed by atoms with E-state index in [4.69, 9.17) is 10.8 Å². The van der Waals surface area contributed by atoms with Crippen molar-refractivity contribution in [2.24, 2.45) is 12.8 Å². The number of carbonyl (C=O) groups excluding carboxylic acids is 1. The van der Waals surface area contributed by atoms with E-state index in [0.29, 0.717) is 5.56 Å². The van der Waals surface area contributed by atoms with Crippen molar-refractivity contribution in [1.29, 1.82) is 0 Å². The van der Waals surface area contributed by atoms with Crippen LogP contribution in [0.2, 0.25) is 0 Å². The highest BCUT2D eigenvalue weighted by Gasteiger charge is 2.06. The molecular weight excluding hydrogens is 144 g/mol. The molecule has 4 heteroatoms. The summed E-state index contributed by atoms with van der Waals surface area (Å²) in [6, 6.07) is 1.32. The molecule has 0 saturated carbocycles. The lowest BCUT2D eigenvalue weighted by Gasteiger charge is -1.93. The van der Waals surface area contributed by atoms with Crippen molar-refractivity contribution in [3.8, 4) is 5.75 Å². The Kier molecular flexibility index (Phi) is 1.76. The van der Waals surface area contributed by atoms with Crippen LogP contribution in [0, 0.1) is 0 Å². The highest BCUT2D eigenvalue weighted by molar-refractivity contribution is 5.92. The van der Waals surface area contributed by atoms with E-state index in [0.717, 1.165) is 0 Å². The van der Waals surface area contributed by atoms with Crippen molar-refractivity contribution in [1.82, 2.24) is 0 Å². The van der Waals surface area contributed by atoms with Gasteiger partial charge >= 0.3 is 0 Å². The first kappa shape index (κ1) is 7.53. The molecule has 0 spiro atoms. The highest BCUT2D eigenvalue weighted by Crippen LogP contribution is 2.05. The maximum absolute atomic E-state index is 10.6. The molecule has 1 rings (SSSR count). The smallest absolute Gasteiger partial charge is 0.254 e. The molecule has 58 valence electrons. The quantitative estimate of drug-likeness (QED) is 0.525. The summed E-state index contributed by atoms with van der Waals surface area (Å²) in [5.74, 6) is -0.514. The number of primary amides is 1. The SMILES string of the molecule is C[n+]1cc(O)cc(C(N)=O)c1. The van der Waals surface area contributed by atoms with Crippen LogP contribution in [0.15, 0.2) is 18.5 Å². The van der Waals surface area contributed by atoms with Gasteiger partial charge in [-0.25, -0.2) is 4.57 Å². The van der Waals surface area contributed by atoms with Gasteiger partial charge in [-0.3, -0.25) is 4.79 Å². The normalized spacial score (nSPS) is 9.55. The zero-order valence-electron chi connectivity index (χ0n) is 6.11. The zero-order valence-corrected chi connectivity index (χ0v) is 6.11. The largest absolute Gasteiger partial charge is 0.503 e. The summed E-state index contributed by atoms with van der Waals surface area (Å²) < 4.78 is 1.56. The van der Waals surface area contributed by atoms with Crippen LogP contribution in [-0.4, -0.2) is 11.0 Å². The van der Waals surface area contributed by atoms with Crippen molar-refractivity contribution < 1.29 is 14.5 Å². The Morgan fingerprint density at radius 1 is 1.64 bits per heavy atom. The molecule has 0 aliphatic rings. The number of hydrogen-bond donors (Lipinski definition) is 2. The van der Waals surface area contributed by atoms with Gasteiger partial charge in [0.25, 0.3) is 5.91 Å². The summed E-state index contributed by atoms with van der Waals surface area (Å²) in [4.78, 5) is 10.6. The van der Waals surface area contributed by atoms with Gasteiger partial charge in [-0.15, -0.1) is 0 Å². The van der Waals surface area contributed by atoms with Crippen LogP contribution >= 0.6 is 0 Å². The van der Waals surface area contributed by atoms with Gasteiger partial charge in [0.05, 0.1) is 0 Å². The van der Waals surface area contributed by atoms with E-state index >= 15 is 0 Å². The van der Waals surface area contributed by atoms with Crippen LogP contribution in [0.5, 0.6) is 5.75 Å². The van der Waals surface area contributed by atoms with Gasteiger partial charge in [0.1, 0.15) is 12.6 Å². The maximum atomic E-state index is 10.6. The molecule has 0 radical (unpaired) electrons. The van der Waals surface area contributed by atoms with Crippen LogP contribution < -0.4 is 10.3 Å². The maximum Gasteiger partial charge on any atom is 0.254 e. The van der Waals surface area contributed by atoms with Crippen molar-refractivity contribution in [2.45, 2.75) is 0 Å². The Morgan fingerprint density at radius 2 is 2.27 bits per heavy atom. The number of nitrogens with two attached hydrogens (primary N) is 1. The van der Waals surface area contributed by atoms with Gasteiger partial charge in [-0.2, -0.15) is 0 Å². The molecule has 0 saturated heterocycles. The minimum Gasteiger partial charge on any atom is -0.503 e. The average molecular weight is 153 g/mol. The summed E-state index contributed by atoms with van der Waals surface area (Å²) >= 11 is 0. The third kappa shape index (κ3) is 1.67. The summed E-state index contributed by atoms with van der Waals surface area (Å²) in [6.07, 6.45) is 3.02. The second-order valence-corrected chi connectivity index (χ2v) is 2.31. The van der Waals surface area contributed by atoms with E-state index in [9.17, 15) is 4.79 Å². The summed E-state index contributed by atoms with van der Waals surface area (Å²) in [6.45, 7) is 0. The predicted molar refractivity (Wildman–Crippen MR) is 37.8 cm³/mol. The van der Waals surface area contributed by atoms with Crippen LogP contribution in [0.3, 0.4) is 0 Å². The predicted octanol–water partition coefficient (Wildman–Crippen LogP) is -0.684. The van der Waals surface area contributed by atoms with Gasteiger partial charge < -0.3 is 10.8 Å². The topological polar surface area (TPSA) is 67.2 Å². The highest BCUT2D eigenvalue weighted by atomic mass is 16.3. The summed E-state index contributed by atoms with van der Waals surface area (Å²) in [7, 11) is 1.70. The van der Waals surface area contributed by atoms with E-state index in [-0.39, 0.29) is 5.75 Å². The van der Waals surface area contributed by atoms with Crippen LogP contribution in [0.1, 0.15) is 10.4 Å². The molecule has 0 aliphatic heterocycles. The van der Waals surface area contributed by atoms with Gasteiger partial charge in [-0.05, 0) is 0 Å². The minimum atomic E-state index is -0.545. The van der Waals surface area contributed by atoms with Gasteiger partial charge in [0.2, 0.25) is 6.20 Å². The van der Waals surface area contributed by atoms with Crippen LogP contribution in [0.25, 0.3) is 0 Å². The number of carbonyl (C=O) groups is 1. The zero-order chi connectivity index (χ0) is 8.43. The van der Waals surface area contributed by atoms with Gasteiger partial charge in [0, 0.05) is 6.07 Å². The second-order valence-electron chi connectivity index (χ2n) is 2.31. The number of rotatable bonds is 1. The number of aryl methyl sites for hydroxylation is 1. The van der Waals surface area contributed by atoms with E-state index in [1.165, 1.54) is 12.3 Å². The fraction of sp³-hybridized carbons (Fsp3) is 0.143. The molecular formula is C7H9N2O2+. The number of hydrogen-bond acceptors (Lipinski definition) is 2. The summed E-state index contributed by atoms with van der Waals surface area (Å²) in [5, 5.41) is 9.01. The van der Waals surface area contributed by atoms with E-state index in [1.54, 1.807) is 17.8 Å². The Morgan fingerprint density at radius 3 is 2.73 bits per heavy atom. The molecule has 0 unspecified atom stereocenters. The number of aromatic nitrogens is 1. The molecule has 1 amide bonds. The number of pyridine rings is 1. The third-order valence-electron chi connectivity index (χ3n) is 1.27. The number of nitrogens with zero attached hydrogens (tertiary/aromatic N) is 1. The molecule has 1 heterocycles. The monoisotopic (exact) mass is 153 g/mol. The average Bonchev–Trinajstić information content (AvgIpc) is 1.85. The Balaban J connectivity index is 3.19.